The van der Waals surface area contributed by atoms with E-state index in [1.165, 1.54) is 31.5 Å². The van der Waals surface area contributed by atoms with Gasteiger partial charge in [-0.15, -0.1) is 0 Å². The molecule has 0 amide bonds. The first-order valence-corrected chi connectivity index (χ1v) is 6.63. The summed E-state index contributed by atoms with van der Waals surface area (Å²) in [5, 5.41) is 0. The average molecular weight is 239 g/mol. The van der Waals surface area contributed by atoms with Crippen molar-refractivity contribution in [1.82, 2.24) is 4.90 Å². The number of rotatable bonds is 4. The molecule has 0 aromatic heterocycles. The van der Waals surface area contributed by atoms with Crippen LogP contribution in [0.4, 0.5) is 4.39 Å². The van der Waals surface area contributed by atoms with Crippen LogP contribution in [-0.4, -0.2) is 37.3 Å². The SMILES string of the molecule is CC1=C(OCCN2CCCC2)C=CC(F)CC1. The molecule has 0 aromatic rings. The summed E-state index contributed by atoms with van der Waals surface area (Å²) in [7, 11) is 0. The lowest BCUT2D eigenvalue weighted by molar-refractivity contribution is 0.177. The molecule has 3 heteroatoms. The maximum atomic E-state index is 13.2. The molecule has 1 aliphatic heterocycles. The van der Waals surface area contributed by atoms with Gasteiger partial charge in [0.2, 0.25) is 0 Å². The quantitative estimate of drug-likeness (QED) is 0.747. The number of hydrogen-bond donors (Lipinski definition) is 0. The van der Waals surface area contributed by atoms with Gasteiger partial charge < -0.3 is 4.74 Å². The predicted molar refractivity (Wildman–Crippen MR) is 67.6 cm³/mol. The maximum Gasteiger partial charge on any atom is 0.119 e. The first-order chi connectivity index (χ1) is 8.25. The fourth-order valence-electron chi connectivity index (χ4n) is 2.37. The van der Waals surface area contributed by atoms with Crippen molar-refractivity contribution in [3.05, 3.63) is 23.5 Å². The van der Waals surface area contributed by atoms with Gasteiger partial charge in [0.25, 0.3) is 0 Å². The summed E-state index contributed by atoms with van der Waals surface area (Å²) >= 11 is 0. The Labute approximate surface area is 103 Å². The summed E-state index contributed by atoms with van der Waals surface area (Å²) in [6.07, 6.45) is 6.61. The van der Waals surface area contributed by atoms with E-state index in [9.17, 15) is 4.39 Å². The zero-order chi connectivity index (χ0) is 12.1. The molecule has 0 spiro atoms. The Kier molecular flexibility index (Phi) is 4.60. The highest BCUT2D eigenvalue weighted by Crippen LogP contribution is 2.21. The number of allylic oxidation sites excluding steroid dienone is 3. The molecule has 1 heterocycles. The molecular formula is C14H22FNO. The molecule has 0 N–H and O–H groups in total. The summed E-state index contributed by atoms with van der Waals surface area (Å²) in [4.78, 5) is 2.42. The van der Waals surface area contributed by atoms with Gasteiger partial charge in [0.15, 0.2) is 0 Å². The van der Waals surface area contributed by atoms with E-state index in [1.807, 2.05) is 6.92 Å². The van der Waals surface area contributed by atoms with Crippen LogP contribution in [0.3, 0.4) is 0 Å². The first kappa shape index (κ1) is 12.6. The molecule has 96 valence electrons. The molecule has 2 aliphatic rings. The van der Waals surface area contributed by atoms with Crippen LogP contribution in [0.15, 0.2) is 23.5 Å². The molecule has 2 rings (SSSR count). The zero-order valence-electron chi connectivity index (χ0n) is 10.6. The predicted octanol–water partition coefficient (Wildman–Crippen LogP) is 3.06. The minimum absolute atomic E-state index is 0.585. The van der Waals surface area contributed by atoms with Gasteiger partial charge in [-0.05, 0) is 63.4 Å². The third-order valence-corrected chi connectivity index (χ3v) is 3.54. The highest BCUT2D eigenvalue weighted by molar-refractivity contribution is 5.22. The van der Waals surface area contributed by atoms with Gasteiger partial charge in [-0.2, -0.15) is 0 Å². The Morgan fingerprint density at radius 3 is 2.94 bits per heavy atom. The van der Waals surface area contributed by atoms with Crippen molar-refractivity contribution in [2.75, 3.05) is 26.2 Å². The Balaban J connectivity index is 1.78. The Morgan fingerprint density at radius 1 is 1.41 bits per heavy atom. The normalized spacial score (nSPS) is 26.4. The lowest BCUT2D eigenvalue weighted by Crippen LogP contribution is -2.23. The maximum absolute atomic E-state index is 13.2. The van der Waals surface area contributed by atoms with Crippen LogP contribution in [-0.2, 0) is 4.74 Å². The molecule has 1 saturated heterocycles. The molecular weight excluding hydrogens is 217 g/mol. The third kappa shape index (κ3) is 3.84. The van der Waals surface area contributed by atoms with Crippen molar-refractivity contribution in [3.8, 4) is 0 Å². The highest BCUT2D eigenvalue weighted by Gasteiger charge is 2.13. The van der Waals surface area contributed by atoms with Crippen molar-refractivity contribution in [2.24, 2.45) is 0 Å². The number of alkyl halides is 1. The second-order valence-electron chi connectivity index (χ2n) is 4.96. The molecule has 1 unspecified atom stereocenters. The average Bonchev–Trinajstić information content (AvgIpc) is 2.78. The van der Waals surface area contributed by atoms with E-state index in [-0.39, 0.29) is 0 Å². The molecule has 1 aliphatic carbocycles. The van der Waals surface area contributed by atoms with Crippen LogP contribution in [0.5, 0.6) is 0 Å². The van der Waals surface area contributed by atoms with Gasteiger partial charge in [-0.3, -0.25) is 4.90 Å². The lowest BCUT2D eigenvalue weighted by Gasteiger charge is -2.16. The fourth-order valence-corrected chi connectivity index (χ4v) is 2.37. The van der Waals surface area contributed by atoms with E-state index in [0.29, 0.717) is 13.0 Å². The van der Waals surface area contributed by atoms with Gasteiger partial charge in [-0.25, -0.2) is 4.39 Å². The zero-order valence-corrected chi connectivity index (χ0v) is 10.6. The van der Waals surface area contributed by atoms with E-state index in [4.69, 9.17) is 4.74 Å². The van der Waals surface area contributed by atoms with Crippen LogP contribution in [0, 0.1) is 0 Å². The van der Waals surface area contributed by atoms with E-state index >= 15 is 0 Å². The number of nitrogens with zero attached hydrogens (tertiary/aromatic N) is 1. The smallest absolute Gasteiger partial charge is 0.119 e. The summed E-state index contributed by atoms with van der Waals surface area (Å²) < 4.78 is 19.0. The molecule has 0 aromatic carbocycles. The fraction of sp³-hybridized carbons (Fsp3) is 0.714. The minimum atomic E-state index is -0.815. The monoisotopic (exact) mass is 239 g/mol. The molecule has 2 nitrogen and oxygen atoms in total. The summed E-state index contributed by atoms with van der Waals surface area (Å²) in [6.45, 7) is 6.14. The molecule has 1 atom stereocenters. The largest absolute Gasteiger partial charge is 0.492 e. The first-order valence-electron chi connectivity index (χ1n) is 6.63. The molecule has 0 bridgehead atoms. The van der Waals surface area contributed by atoms with E-state index < -0.39 is 6.17 Å². The lowest BCUT2D eigenvalue weighted by atomic mass is 10.1. The molecule has 1 fully saturated rings. The van der Waals surface area contributed by atoms with E-state index in [0.717, 1.165) is 18.7 Å². The van der Waals surface area contributed by atoms with Crippen molar-refractivity contribution in [3.63, 3.8) is 0 Å². The Bertz CT molecular complexity index is 305. The number of likely N-dealkylation sites (tertiary alicyclic amines) is 1. The topological polar surface area (TPSA) is 12.5 Å². The molecule has 0 radical (unpaired) electrons. The third-order valence-electron chi connectivity index (χ3n) is 3.54. The summed E-state index contributed by atoms with van der Waals surface area (Å²) in [5.41, 5.74) is 1.17. The van der Waals surface area contributed by atoms with E-state index in [1.54, 1.807) is 12.2 Å². The van der Waals surface area contributed by atoms with Crippen LogP contribution in [0.1, 0.15) is 32.6 Å². The van der Waals surface area contributed by atoms with Crippen molar-refractivity contribution in [2.45, 2.75) is 38.8 Å². The minimum Gasteiger partial charge on any atom is -0.492 e. The van der Waals surface area contributed by atoms with Gasteiger partial charge in [0, 0.05) is 6.54 Å². The highest BCUT2D eigenvalue weighted by atomic mass is 19.1. The van der Waals surface area contributed by atoms with Gasteiger partial charge in [-0.1, -0.05) is 0 Å². The van der Waals surface area contributed by atoms with E-state index in [2.05, 4.69) is 4.90 Å². The Morgan fingerprint density at radius 2 is 2.18 bits per heavy atom. The van der Waals surface area contributed by atoms with Crippen molar-refractivity contribution >= 4 is 0 Å². The van der Waals surface area contributed by atoms with Crippen molar-refractivity contribution < 1.29 is 9.13 Å². The second kappa shape index (κ2) is 6.20. The second-order valence-corrected chi connectivity index (χ2v) is 4.96. The van der Waals surface area contributed by atoms with Gasteiger partial charge in [0.05, 0.1) is 0 Å². The van der Waals surface area contributed by atoms with Gasteiger partial charge in [0.1, 0.15) is 18.5 Å². The van der Waals surface area contributed by atoms with Crippen LogP contribution in [0.2, 0.25) is 0 Å². The van der Waals surface area contributed by atoms with Gasteiger partial charge >= 0.3 is 0 Å². The van der Waals surface area contributed by atoms with Crippen LogP contribution in [0.25, 0.3) is 0 Å². The number of ether oxygens (including phenoxy) is 1. The molecule has 0 saturated carbocycles. The van der Waals surface area contributed by atoms with Crippen molar-refractivity contribution in [1.29, 1.82) is 0 Å². The number of hydrogen-bond acceptors (Lipinski definition) is 2. The van der Waals surface area contributed by atoms with Crippen LogP contribution < -0.4 is 0 Å². The number of halogens is 1. The summed E-state index contributed by atoms with van der Waals surface area (Å²) in [5.74, 6) is 0.879. The van der Waals surface area contributed by atoms with Crippen LogP contribution >= 0.6 is 0 Å². The summed E-state index contributed by atoms with van der Waals surface area (Å²) in [6, 6.07) is 0. The standard InChI is InChI=1S/C14H22FNO/c1-12-4-5-13(15)6-7-14(12)17-11-10-16-8-2-3-9-16/h6-7,13H,2-5,8-11H2,1H3. The Hall–Kier alpha value is -0.830. The molecule has 17 heavy (non-hydrogen) atoms.